The number of unbranched alkanes of at least 4 members (excludes halogenated alkanes) is 2. The minimum absolute atomic E-state index is 0.00657. The van der Waals surface area contributed by atoms with Gasteiger partial charge in [-0.05, 0) is 94.1 Å². The summed E-state index contributed by atoms with van der Waals surface area (Å²) in [6.07, 6.45) is 6.38. The van der Waals surface area contributed by atoms with E-state index in [2.05, 4.69) is 91.5 Å². The van der Waals surface area contributed by atoms with Gasteiger partial charge in [-0.1, -0.05) is 66.9 Å². The molecule has 3 unspecified atom stereocenters. The maximum Gasteiger partial charge on any atom is 0.412 e. The molecule has 2 saturated heterocycles. The topological polar surface area (TPSA) is 173 Å². The van der Waals surface area contributed by atoms with Crippen LogP contribution in [0.25, 0.3) is 0 Å². The summed E-state index contributed by atoms with van der Waals surface area (Å²) in [7, 11) is 0.121. The third-order valence-electron chi connectivity index (χ3n) is 11.9. The molecule has 0 aliphatic carbocycles. The molecule has 69 heavy (non-hydrogen) atoms. The van der Waals surface area contributed by atoms with Gasteiger partial charge in [0.2, 0.25) is 0 Å². The smallest absolute Gasteiger partial charge is 0.412 e. The molecule has 2 aliphatic rings. The Hall–Kier alpha value is -5.05. The van der Waals surface area contributed by atoms with Crippen LogP contribution < -0.4 is 29.6 Å². The van der Waals surface area contributed by atoms with Crippen LogP contribution in [0, 0.1) is 10.8 Å². The number of anilines is 2. The van der Waals surface area contributed by atoms with Crippen molar-refractivity contribution in [1.82, 2.24) is 9.80 Å². The lowest BCUT2D eigenvalue weighted by atomic mass is 9.83. The number of carbonyl (C=O) groups is 4. The van der Waals surface area contributed by atoms with Crippen LogP contribution in [0.3, 0.4) is 0 Å². The van der Waals surface area contributed by atoms with Gasteiger partial charge >= 0.3 is 12.2 Å². The van der Waals surface area contributed by atoms with Crippen molar-refractivity contribution in [2.24, 2.45) is 10.8 Å². The normalized spacial score (nSPS) is 17.0. The molecule has 0 radical (unpaired) electrons. The molecule has 2 aromatic rings. The van der Waals surface area contributed by atoms with Gasteiger partial charge < -0.3 is 47.1 Å². The summed E-state index contributed by atoms with van der Waals surface area (Å²) in [5.74, 6) is 0.782. The zero-order valence-electron chi connectivity index (χ0n) is 43.3. The molecule has 0 saturated carbocycles. The van der Waals surface area contributed by atoms with Crippen molar-refractivity contribution in [3.8, 4) is 23.0 Å². The number of amides is 4. The van der Waals surface area contributed by atoms with E-state index in [0.717, 1.165) is 25.7 Å². The molecule has 18 heteroatoms. The fourth-order valence-corrected chi connectivity index (χ4v) is 11.2. The summed E-state index contributed by atoms with van der Waals surface area (Å²) in [6.45, 7) is 30.3. The maximum atomic E-state index is 14.4. The number of hydrogen-bond acceptors (Lipinski definition) is 12. The van der Waals surface area contributed by atoms with Gasteiger partial charge in [0.1, 0.15) is 36.2 Å². The molecule has 4 amide bonds. The lowest BCUT2D eigenvalue weighted by molar-refractivity contribution is 0.0135. The van der Waals surface area contributed by atoms with Crippen LogP contribution in [-0.4, -0.2) is 130 Å². The molecule has 2 aliphatic heterocycles. The predicted octanol–water partition coefficient (Wildman–Crippen LogP) is 9.84. The van der Waals surface area contributed by atoms with E-state index >= 15 is 0 Å². The van der Waals surface area contributed by atoms with Crippen molar-refractivity contribution in [3.63, 3.8) is 0 Å². The number of ether oxygens (including phenoxy) is 6. The fraction of sp³-hybridized carbons (Fsp3) is 0.608. The number of likely N-dealkylation sites (tertiary alicyclic amines) is 2. The molecule has 2 aromatic carbocycles. The van der Waals surface area contributed by atoms with Gasteiger partial charge in [0.15, 0.2) is 18.1 Å². The van der Waals surface area contributed by atoms with Gasteiger partial charge in [-0.25, -0.2) is 9.59 Å². The molecule has 2 N–H and O–H groups in total. The van der Waals surface area contributed by atoms with Crippen molar-refractivity contribution < 1.29 is 56.5 Å². The summed E-state index contributed by atoms with van der Waals surface area (Å²) in [5, 5.41) is 5.50. The number of nitrogens with zero attached hydrogens (tertiary/aromatic N) is 2. The lowest BCUT2D eigenvalue weighted by Gasteiger charge is -2.40. The zero-order chi connectivity index (χ0) is 51.1. The SMILES string of the molecule is C=CCOC(=O)Nc1cc(C(=O)N2CCCC2C(O[SiH](C)C)C(C)(C)C)c(OC)cc1OCCCCCOc1cc(OC)c(C(=O)N2CCC[C@H]2C(O[SiH](C)C)C(C)(C)C)cc1NC(=O)OCC=C. The van der Waals surface area contributed by atoms with Crippen LogP contribution in [0.2, 0.25) is 26.2 Å². The Bertz CT molecular complexity index is 1930. The minimum atomic E-state index is -1.44. The number of carbonyl (C=O) groups excluding carboxylic acids is 4. The minimum Gasteiger partial charge on any atom is -0.496 e. The summed E-state index contributed by atoms with van der Waals surface area (Å²) >= 11 is 0. The quantitative estimate of drug-likeness (QED) is 0.0580. The average molecular weight is 997 g/mol. The maximum absolute atomic E-state index is 14.4. The van der Waals surface area contributed by atoms with Gasteiger partial charge in [0.05, 0.1) is 74.2 Å². The second kappa shape index (κ2) is 26.2. The van der Waals surface area contributed by atoms with Crippen molar-refractivity contribution in [3.05, 3.63) is 60.7 Å². The van der Waals surface area contributed by atoms with E-state index in [9.17, 15) is 19.2 Å². The summed E-state index contributed by atoms with van der Waals surface area (Å²) in [4.78, 5) is 58.3. The van der Waals surface area contributed by atoms with E-state index in [4.69, 9.17) is 37.3 Å². The molecular formula is C51H80N4O12Si2. The van der Waals surface area contributed by atoms with Crippen LogP contribution in [0.5, 0.6) is 23.0 Å². The summed E-state index contributed by atoms with van der Waals surface area (Å²) in [6, 6.07) is 6.16. The number of methoxy groups -OCH3 is 2. The second-order valence-corrected chi connectivity index (χ2v) is 25.0. The predicted molar refractivity (Wildman–Crippen MR) is 276 cm³/mol. The van der Waals surface area contributed by atoms with E-state index < -0.39 is 30.3 Å². The first kappa shape index (κ1) is 56.5. The molecule has 2 heterocycles. The lowest BCUT2D eigenvalue weighted by Crippen LogP contribution is -2.50. The second-order valence-electron chi connectivity index (χ2n) is 20.2. The summed E-state index contributed by atoms with van der Waals surface area (Å²) in [5.41, 5.74) is 0.695. The molecule has 384 valence electrons. The van der Waals surface area contributed by atoms with Gasteiger partial charge in [-0.15, -0.1) is 0 Å². The fourth-order valence-electron chi connectivity index (χ4n) is 8.89. The summed E-state index contributed by atoms with van der Waals surface area (Å²) < 4.78 is 47.6. The van der Waals surface area contributed by atoms with Crippen molar-refractivity contribution >= 4 is 53.5 Å². The molecule has 0 aromatic heterocycles. The van der Waals surface area contributed by atoms with E-state index in [1.807, 2.05) is 9.80 Å². The van der Waals surface area contributed by atoms with Gasteiger partial charge in [0.25, 0.3) is 11.8 Å². The highest BCUT2D eigenvalue weighted by Gasteiger charge is 2.44. The molecule has 4 rings (SSSR count). The number of rotatable bonds is 24. The van der Waals surface area contributed by atoms with Crippen molar-refractivity contribution in [2.75, 3.05) is 64.4 Å². The highest BCUT2D eigenvalue weighted by molar-refractivity contribution is 6.48. The monoisotopic (exact) mass is 997 g/mol. The number of hydrogen-bond donors (Lipinski definition) is 2. The van der Waals surface area contributed by atoms with E-state index in [1.54, 1.807) is 24.3 Å². The van der Waals surface area contributed by atoms with Gasteiger partial charge in [-0.2, -0.15) is 0 Å². The Morgan fingerprint density at radius 3 is 1.33 bits per heavy atom. The Kier molecular flexibility index (Phi) is 21.5. The highest BCUT2D eigenvalue weighted by atomic mass is 28.3. The average Bonchev–Trinajstić information content (AvgIpc) is 3.98. The molecule has 4 atom stereocenters. The first-order chi connectivity index (χ1) is 32.6. The first-order valence-corrected chi connectivity index (χ1v) is 29.9. The van der Waals surface area contributed by atoms with Gasteiger partial charge in [0, 0.05) is 25.2 Å². The highest BCUT2D eigenvalue weighted by Crippen LogP contribution is 2.40. The molecule has 16 nitrogen and oxygen atoms in total. The standard InChI is InChI=1S/C51H80N4O12Si2/c1-15-26-64-48(58)52-36-30-34(46(56)54-24-20-22-38(54)44(50(3,4)5)66-68(11)12)40(60-9)32-42(36)62-28-18-17-19-29-63-43-33-41(61-10)35(31-37(43)53-49(59)65-27-16-2)47(57)55-25-21-23-39(55)45(51(6,7)8)67-69(13)14/h15-16,30-33,38-39,44-45,68-69H,1-2,17-29H2,3-14H3,(H,52,58)(H,53,59)/t38-,39?,44?,45?/m0/s1. The molecule has 0 spiro atoms. The van der Waals surface area contributed by atoms with Crippen molar-refractivity contribution in [2.45, 2.75) is 137 Å². The Morgan fingerprint density at radius 2 is 1.01 bits per heavy atom. The Balaban J connectivity index is 1.50. The molecule has 2 fully saturated rings. The van der Waals surface area contributed by atoms with Crippen LogP contribution in [0.1, 0.15) is 107 Å². The Labute approximate surface area is 414 Å². The van der Waals surface area contributed by atoms with E-state index in [1.165, 1.54) is 26.4 Å². The van der Waals surface area contributed by atoms with Crippen LogP contribution in [0.4, 0.5) is 21.0 Å². The Morgan fingerprint density at radius 1 is 0.638 bits per heavy atom. The largest absolute Gasteiger partial charge is 0.496 e. The molecule has 0 bridgehead atoms. The van der Waals surface area contributed by atoms with Crippen LogP contribution in [0.15, 0.2) is 49.6 Å². The molecular weight excluding hydrogens is 917 g/mol. The van der Waals surface area contributed by atoms with E-state index in [0.29, 0.717) is 55.4 Å². The van der Waals surface area contributed by atoms with Crippen LogP contribution >= 0.6 is 0 Å². The first-order valence-electron chi connectivity index (χ1n) is 24.4. The van der Waals surface area contributed by atoms with Crippen LogP contribution in [-0.2, 0) is 18.3 Å². The van der Waals surface area contributed by atoms with Crippen molar-refractivity contribution in [1.29, 1.82) is 0 Å². The third-order valence-corrected chi connectivity index (χ3v) is 13.5. The van der Waals surface area contributed by atoms with E-state index in [-0.39, 0.29) is 95.9 Å². The number of benzene rings is 2. The third kappa shape index (κ3) is 16.0. The number of nitrogens with one attached hydrogen (secondary N) is 2. The van der Waals surface area contributed by atoms with Gasteiger partial charge in [-0.3, -0.25) is 20.2 Å². The zero-order valence-corrected chi connectivity index (χ0v) is 45.6.